The summed E-state index contributed by atoms with van der Waals surface area (Å²) in [7, 11) is 0. The van der Waals surface area contributed by atoms with E-state index in [1.807, 2.05) is 6.07 Å². The molecule has 2 atom stereocenters. The number of carbonyl (C=O) groups excluding carboxylic acids is 1. The van der Waals surface area contributed by atoms with Crippen molar-refractivity contribution in [3.05, 3.63) is 42.5 Å². The molecule has 1 aromatic carbocycles. The highest BCUT2D eigenvalue weighted by atomic mass is 19.4. The molecule has 0 saturated carbocycles. The molecule has 1 N–H and O–H groups in total. The summed E-state index contributed by atoms with van der Waals surface area (Å²) in [6.07, 6.45) is -1.36. The van der Waals surface area contributed by atoms with E-state index >= 15 is 0 Å². The van der Waals surface area contributed by atoms with Crippen LogP contribution in [-0.4, -0.2) is 47.7 Å². The fourth-order valence-electron chi connectivity index (χ4n) is 3.24. The fourth-order valence-corrected chi connectivity index (χ4v) is 3.24. The van der Waals surface area contributed by atoms with E-state index in [9.17, 15) is 18.0 Å². The number of nitrogens with zero attached hydrogens (tertiary/aromatic N) is 3. The van der Waals surface area contributed by atoms with Gasteiger partial charge in [0.2, 0.25) is 11.7 Å². The van der Waals surface area contributed by atoms with Crippen LogP contribution in [0.1, 0.15) is 18.7 Å². The third-order valence-corrected chi connectivity index (χ3v) is 4.83. The molecule has 0 aliphatic carbocycles. The number of hydrogen-bond donors (Lipinski definition) is 1. The summed E-state index contributed by atoms with van der Waals surface area (Å²) in [5, 5.41) is 3.01. The first kappa shape index (κ1) is 19.4. The summed E-state index contributed by atoms with van der Waals surface area (Å²) in [4.78, 5) is 20.7. The summed E-state index contributed by atoms with van der Waals surface area (Å²) < 4.78 is 48.4. The summed E-state index contributed by atoms with van der Waals surface area (Å²) >= 11 is 0. The van der Waals surface area contributed by atoms with Gasteiger partial charge in [0, 0.05) is 37.3 Å². The van der Waals surface area contributed by atoms with Crippen molar-refractivity contribution >= 4 is 11.6 Å². The highest BCUT2D eigenvalue weighted by Crippen LogP contribution is 2.29. The minimum absolute atomic E-state index is 0.0413. The Kier molecular flexibility index (Phi) is 5.27. The van der Waals surface area contributed by atoms with Crippen LogP contribution in [0.4, 0.5) is 18.9 Å². The van der Waals surface area contributed by atoms with Crippen molar-refractivity contribution in [1.82, 2.24) is 15.3 Å². The van der Waals surface area contributed by atoms with E-state index in [2.05, 4.69) is 20.2 Å². The molecule has 2 fully saturated rings. The molecular weight excluding hydrogens is 389 g/mol. The number of alkyl halides is 3. The van der Waals surface area contributed by atoms with Crippen LogP contribution < -0.4 is 15.0 Å². The van der Waals surface area contributed by atoms with Crippen molar-refractivity contribution in [2.24, 2.45) is 0 Å². The third kappa shape index (κ3) is 4.58. The fraction of sp³-hybridized carbons (Fsp3) is 0.421. The Morgan fingerprint density at radius 3 is 2.62 bits per heavy atom. The van der Waals surface area contributed by atoms with Crippen LogP contribution in [0, 0.1) is 0 Å². The minimum Gasteiger partial charge on any atom is -0.454 e. The highest BCUT2D eigenvalue weighted by Gasteiger charge is 2.34. The summed E-state index contributed by atoms with van der Waals surface area (Å²) in [6, 6.07) is 7.24. The lowest BCUT2D eigenvalue weighted by atomic mass is 10.1. The number of amides is 1. The number of ether oxygens (including phenoxy) is 2. The van der Waals surface area contributed by atoms with Gasteiger partial charge in [0.1, 0.15) is 11.9 Å². The number of hydrogen-bond acceptors (Lipinski definition) is 6. The van der Waals surface area contributed by atoms with Gasteiger partial charge in [0.25, 0.3) is 0 Å². The maximum atomic E-state index is 12.5. The van der Waals surface area contributed by atoms with Crippen molar-refractivity contribution in [3.8, 4) is 11.5 Å². The van der Waals surface area contributed by atoms with E-state index in [0.717, 1.165) is 37.5 Å². The van der Waals surface area contributed by atoms with Crippen LogP contribution in [0.25, 0.3) is 0 Å². The average Bonchev–Trinajstić information content (AvgIpc) is 3.08. The van der Waals surface area contributed by atoms with Gasteiger partial charge in [-0.2, -0.15) is 13.2 Å². The maximum Gasteiger partial charge on any atom is 0.451 e. The number of nitrogens with one attached hydrogen (secondary N) is 1. The Balaban J connectivity index is 1.37. The molecule has 2 saturated heterocycles. The average molecular weight is 408 g/mol. The molecule has 3 heterocycles. The summed E-state index contributed by atoms with van der Waals surface area (Å²) in [6.45, 7) is 2.06. The number of anilines is 1. The van der Waals surface area contributed by atoms with Crippen LogP contribution >= 0.6 is 0 Å². The second kappa shape index (κ2) is 7.86. The molecule has 2 unspecified atom stereocenters. The van der Waals surface area contributed by atoms with Gasteiger partial charge in [-0.25, -0.2) is 9.97 Å². The maximum absolute atomic E-state index is 12.5. The smallest absolute Gasteiger partial charge is 0.451 e. The number of halogens is 3. The summed E-state index contributed by atoms with van der Waals surface area (Å²) in [5.41, 5.74) is 0.895. The van der Waals surface area contributed by atoms with E-state index in [0.29, 0.717) is 18.9 Å². The Bertz CT molecular complexity index is 872. The number of rotatable bonds is 5. The van der Waals surface area contributed by atoms with E-state index < -0.39 is 12.0 Å². The second-order valence-corrected chi connectivity index (χ2v) is 6.93. The van der Waals surface area contributed by atoms with Gasteiger partial charge >= 0.3 is 6.18 Å². The normalized spacial score (nSPS) is 21.6. The number of carbonyl (C=O) groups is 1. The van der Waals surface area contributed by atoms with E-state index in [-0.39, 0.29) is 23.8 Å². The van der Waals surface area contributed by atoms with Crippen LogP contribution in [0.3, 0.4) is 0 Å². The van der Waals surface area contributed by atoms with Crippen LogP contribution in [0.15, 0.2) is 36.7 Å². The van der Waals surface area contributed by atoms with E-state index in [1.54, 1.807) is 18.2 Å². The standard InChI is InChI=1S/C19H19F3N4O3/c20-19(21,22)18-23-9-15(10-24-18)29-14-3-1-2-13(8-14)26-6-4-12(11-26)25-17(27)16-5-7-28-16/h1-3,8-10,12,16H,4-7,11H2,(H,25,27). The number of benzene rings is 1. The quantitative estimate of drug-likeness (QED) is 0.820. The Hall–Kier alpha value is -2.88. The molecule has 2 aromatic rings. The van der Waals surface area contributed by atoms with Crippen molar-refractivity contribution in [2.45, 2.75) is 31.2 Å². The first-order valence-electron chi connectivity index (χ1n) is 9.22. The van der Waals surface area contributed by atoms with Gasteiger partial charge in [-0.05, 0) is 18.6 Å². The van der Waals surface area contributed by atoms with Gasteiger partial charge in [-0.1, -0.05) is 6.07 Å². The molecule has 0 spiro atoms. The van der Waals surface area contributed by atoms with E-state index in [1.165, 1.54) is 0 Å². The second-order valence-electron chi connectivity index (χ2n) is 6.93. The molecule has 7 nitrogen and oxygen atoms in total. The van der Waals surface area contributed by atoms with Gasteiger partial charge in [0.05, 0.1) is 19.0 Å². The molecule has 29 heavy (non-hydrogen) atoms. The zero-order valence-corrected chi connectivity index (χ0v) is 15.4. The molecule has 154 valence electrons. The van der Waals surface area contributed by atoms with Gasteiger partial charge in [0.15, 0.2) is 5.75 Å². The molecule has 4 rings (SSSR count). The van der Waals surface area contributed by atoms with Crippen LogP contribution in [-0.2, 0) is 15.7 Å². The predicted molar refractivity (Wildman–Crippen MR) is 96.7 cm³/mol. The molecule has 1 amide bonds. The Morgan fingerprint density at radius 2 is 1.97 bits per heavy atom. The summed E-state index contributed by atoms with van der Waals surface area (Å²) in [5.74, 6) is -0.707. The molecule has 0 bridgehead atoms. The molecule has 10 heteroatoms. The Labute approximate surface area is 164 Å². The van der Waals surface area contributed by atoms with Crippen LogP contribution in [0.2, 0.25) is 0 Å². The van der Waals surface area contributed by atoms with Crippen molar-refractivity contribution in [1.29, 1.82) is 0 Å². The lowest BCUT2D eigenvalue weighted by Crippen LogP contribution is -2.47. The van der Waals surface area contributed by atoms with Gasteiger partial charge in [-0.15, -0.1) is 0 Å². The monoisotopic (exact) mass is 408 g/mol. The molecule has 1 aromatic heterocycles. The molecule has 0 radical (unpaired) electrons. The predicted octanol–water partition coefficient (Wildman–Crippen LogP) is 2.77. The van der Waals surface area contributed by atoms with Crippen molar-refractivity contribution in [3.63, 3.8) is 0 Å². The number of aromatic nitrogens is 2. The minimum atomic E-state index is -4.59. The van der Waals surface area contributed by atoms with E-state index in [4.69, 9.17) is 9.47 Å². The highest BCUT2D eigenvalue weighted by molar-refractivity contribution is 5.81. The van der Waals surface area contributed by atoms with Gasteiger partial charge in [-0.3, -0.25) is 4.79 Å². The largest absolute Gasteiger partial charge is 0.454 e. The lowest BCUT2D eigenvalue weighted by molar-refractivity contribution is -0.145. The zero-order chi connectivity index (χ0) is 20.4. The van der Waals surface area contributed by atoms with Crippen LogP contribution in [0.5, 0.6) is 11.5 Å². The first-order chi connectivity index (χ1) is 13.9. The SMILES string of the molecule is O=C(NC1CCN(c2cccc(Oc3cnc(C(F)(F)F)nc3)c2)C1)C1CCO1. The first-order valence-corrected chi connectivity index (χ1v) is 9.22. The molecular formula is C19H19F3N4O3. The molecule has 2 aliphatic heterocycles. The molecule has 2 aliphatic rings. The Morgan fingerprint density at radius 1 is 1.21 bits per heavy atom. The van der Waals surface area contributed by atoms with Crippen molar-refractivity contribution in [2.75, 3.05) is 24.6 Å². The van der Waals surface area contributed by atoms with Gasteiger partial charge < -0.3 is 19.7 Å². The third-order valence-electron chi connectivity index (χ3n) is 4.83. The zero-order valence-electron chi connectivity index (χ0n) is 15.4. The van der Waals surface area contributed by atoms with Crippen molar-refractivity contribution < 1.29 is 27.4 Å². The topological polar surface area (TPSA) is 76.6 Å². The lowest BCUT2D eigenvalue weighted by Gasteiger charge is -2.27.